The smallest absolute Gasteiger partial charge is 0.252 e. The van der Waals surface area contributed by atoms with Gasteiger partial charge < -0.3 is 15.8 Å². The highest BCUT2D eigenvalue weighted by Gasteiger charge is 2.05. The van der Waals surface area contributed by atoms with Gasteiger partial charge >= 0.3 is 0 Å². The average molecular weight is 302 g/mol. The van der Waals surface area contributed by atoms with Crippen LogP contribution in [0.2, 0.25) is 0 Å². The normalized spacial score (nSPS) is 9.94. The predicted molar refractivity (Wildman–Crippen MR) is 64.3 cm³/mol. The second-order valence-electron chi connectivity index (χ2n) is 3.17. The molecule has 0 atom stereocenters. The molecule has 0 saturated heterocycles. The van der Waals surface area contributed by atoms with Crippen LogP contribution < -0.4 is 11.1 Å². The Balaban J connectivity index is 2.28. The van der Waals surface area contributed by atoms with Crippen molar-refractivity contribution in [2.24, 2.45) is 5.73 Å². The number of ether oxygens (including phenoxy) is 1. The lowest BCUT2D eigenvalue weighted by molar-refractivity contribution is -0.122. The molecule has 0 spiro atoms. The summed E-state index contributed by atoms with van der Waals surface area (Å²) in [6.45, 7) is 0.392. The Morgan fingerprint density at radius 1 is 1.47 bits per heavy atom. The first kappa shape index (κ1) is 13.6. The zero-order chi connectivity index (χ0) is 12.7. The highest BCUT2D eigenvalue weighted by Crippen LogP contribution is 2.08. The van der Waals surface area contributed by atoms with Crippen LogP contribution in [0.15, 0.2) is 22.9 Å². The summed E-state index contributed by atoms with van der Waals surface area (Å²) in [6.07, 6.45) is 3.05. The molecule has 0 aliphatic rings. The van der Waals surface area contributed by atoms with E-state index in [0.717, 1.165) is 4.47 Å². The van der Waals surface area contributed by atoms with Crippen molar-refractivity contribution >= 4 is 27.7 Å². The summed E-state index contributed by atoms with van der Waals surface area (Å²) in [5, 5.41) is 2.62. The molecule has 0 saturated carbocycles. The minimum Gasteiger partial charge on any atom is -0.370 e. The summed E-state index contributed by atoms with van der Waals surface area (Å²) >= 11 is 3.22. The zero-order valence-corrected chi connectivity index (χ0v) is 10.6. The van der Waals surface area contributed by atoms with Gasteiger partial charge in [0.2, 0.25) is 5.91 Å². The van der Waals surface area contributed by atoms with Crippen molar-refractivity contribution < 1.29 is 14.3 Å². The molecule has 1 aromatic heterocycles. The van der Waals surface area contributed by atoms with E-state index in [-0.39, 0.29) is 19.1 Å². The number of nitrogens with two attached hydrogens (primary N) is 1. The van der Waals surface area contributed by atoms with E-state index in [1.807, 2.05) is 0 Å². The molecular weight excluding hydrogens is 290 g/mol. The van der Waals surface area contributed by atoms with E-state index in [1.54, 1.807) is 12.3 Å². The maximum absolute atomic E-state index is 11.6. The van der Waals surface area contributed by atoms with Gasteiger partial charge in [-0.05, 0) is 22.0 Å². The summed E-state index contributed by atoms with van der Waals surface area (Å²) in [7, 11) is 0. The zero-order valence-electron chi connectivity index (χ0n) is 8.98. The first-order valence-corrected chi connectivity index (χ1v) is 5.63. The van der Waals surface area contributed by atoms with Crippen LogP contribution in [0, 0.1) is 0 Å². The Morgan fingerprint density at radius 3 is 2.88 bits per heavy atom. The lowest BCUT2D eigenvalue weighted by atomic mass is 10.3. The van der Waals surface area contributed by atoms with E-state index in [9.17, 15) is 9.59 Å². The lowest BCUT2D eigenvalue weighted by Crippen LogP contribution is -2.28. The summed E-state index contributed by atoms with van der Waals surface area (Å²) in [4.78, 5) is 25.8. The molecule has 1 aromatic rings. The number of aromatic nitrogens is 1. The van der Waals surface area contributed by atoms with E-state index in [2.05, 4.69) is 26.2 Å². The number of nitrogens with one attached hydrogen (secondary N) is 1. The number of carbonyl (C=O) groups excluding carboxylic acids is 2. The number of halogens is 1. The predicted octanol–water partition coefficient (Wildman–Crippen LogP) is 0.0758. The third-order valence-electron chi connectivity index (χ3n) is 1.74. The summed E-state index contributed by atoms with van der Waals surface area (Å²) in [6, 6.07) is 1.66. The van der Waals surface area contributed by atoms with Gasteiger partial charge in [0, 0.05) is 23.4 Å². The highest BCUT2D eigenvalue weighted by atomic mass is 79.9. The maximum Gasteiger partial charge on any atom is 0.252 e. The van der Waals surface area contributed by atoms with Gasteiger partial charge in [-0.1, -0.05) is 0 Å². The SMILES string of the molecule is NC(=O)COCCNC(=O)c1cncc(Br)c1. The van der Waals surface area contributed by atoms with Gasteiger partial charge in [0.15, 0.2) is 0 Å². The van der Waals surface area contributed by atoms with E-state index in [1.165, 1.54) is 6.20 Å². The summed E-state index contributed by atoms with van der Waals surface area (Å²) < 4.78 is 5.62. The maximum atomic E-state index is 11.6. The van der Waals surface area contributed by atoms with Crippen molar-refractivity contribution in [3.8, 4) is 0 Å². The van der Waals surface area contributed by atoms with E-state index in [0.29, 0.717) is 12.1 Å². The van der Waals surface area contributed by atoms with Crippen LogP contribution >= 0.6 is 15.9 Å². The van der Waals surface area contributed by atoms with Crippen LogP contribution in [0.1, 0.15) is 10.4 Å². The van der Waals surface area contributed by atoms with Gasteiger partial charge in [0.05, 0.1) is 12.2 Å². The Hall–Kier alpha value is -1.47. The van der Waals surface area contributed by atoms with Crippen molar-refractivity contribution in [3.05, 3.63) is 28.5 Å². The van der Waals surface area contributed by atoms with Gasteiger partial charge in [0.1, 0.15) is 6.61 Å². The van der Waals surface area contributed by atoms with E-state index >= 15 is 0 Å². The number of nitrogens with zero attached hydrogens (tertiary/aromatic N) is 1. The number of hydrogen-bond donors (Lipinski definition) is 2. The quantitative estimate of drug-likeness (QED) is 0.727. The van der Waals surface area contributed by atoms with Crippen molar-refractivity contribution in [1.82, 2.24) is 10.3 Å². The molecule has 17 heavy (non-hydrogen) atoms. The number of primary amides is 1. The number of rotatable bonds is 6. The fraction of sp³-hybridized carbons (Fsp3) is 0.300. The number of pyridine rings is 1. The molecule has 2 amide bonds. The molecule has 3 N–H and O–H groups in total. The molecule has 1 heterocycles. The number of amides is 2. The Bertz CT molecular complexity index is 412. The average Bonchev–Trinajstić information content (AvgIpc) is 2.28. The monoisotopic (exact) mass is 301 g/mol. The first-order chi connectivity index (χ1) is 8.09. The van der Waals surface area contributed by atoms with Crippen molar-refractivity contribution in [1.29, 1.82) is 0 Å². The van der Waals surface area contributed by atoms with E-state index < -0.39 is 5.91 Å². The van der Waals surface area contributed by atoms with Gasteiger partial charge in [-0.2, -0.15) is 0 Å². The minimum absolute atomic E-state index is 0.145. The molecule has 0 radical (unpaired) electrons. The van der Waals surface area contributed by atoms with Gasteiger partial charge in [0.25, 0.3) is 5.91 Å². The van der Waals surface area contributed by atoms with Crippen LogP contribution in [0.4, 0.5) is 0 Å². The molecule has 0 aliphatic heterocycles. The molecule has 6 nitrogen and oxygen atoms in total. The molecular formula is C10H12BrN3O3. The summed E-state index contributed by atoms with van der Waals surface area (Å²) in [5.41, 5.74) is 5.33. The molecule has 0 aromatic carbocycles. The van der Waals surface area contributed by atoms with Gasteiger partial charge in [-0.15, -0.1) is 0 Å². The van der Waals surface area contributed by atoms with Crippen LogP contribution in [-0.4, -0.2) is 36.6 Å². The Morgan fingerprint density at radius 2 is 2.24 bits per heavy atom. The lowest BCUT2D eigenvalue weighted by Gasteiger charge is -2.05. The fourth-order valence-corrected chi connectivity index (χ4v) is 1.41. The van der Waals surface area contributed by atoms with Gasteiger partial charge in [-0.25, -0.2) is 0 Å². The van der Waals surface area contributed by atoms with Crippen molar-refractivity contribution in [2.75, 3.05) is 19.8 Å². The standard InChI is InChI=1S/C10H12BrN3O3/c11-8-3-7(4-13-5-8)10(16)14-1-2-17-6-9(12)15/h3-5H,1-2,6H2,(H2,12,15)(H,14,16). The van der Waals surface area contributed by atoms with Gasteiger partial charge in [-0.3, -0.25) is 14.6 Å². The second kappa shape index (κ2) is 6.97. The molecule has 0 aliphatic carbocycles. The van der Waals surface area contributed by atoms with E-state index in [4.69, 9.17) is 10.5 Å². The topological polar surface area (TPSA) is 94.3 Å². The molecule has 0 bridgehead atoms. The second-order valence-corrected chi connectivity index (χ2v) is 4.08. The largest absolute Gasteiger partial charge is 0.370 e. The first-order valence-electron chi connectivity index (χ1n) is 4.84. The summed E-state index contributed by atoms with van der Waals surface area (Å²) in [5.74, 6) is -0.783. The van der Waals surface area contributed by atoms with Crippen LogP contribution in [0.5, 0.6) is 0 Å². The van der Waals surface area contributed by atoms with Crippen LogP contribution in [0.3, 0.4) is 0 Å². The molecule has 92 valence electrons. The number of hydrogen-bond acceptors (Lipinski definition) is 4. The molecule has 1 rings (SSSR count). The van der Waals surface area contributed by atoms with Crippen LogP contribution in [-0.2, 0) is 9.53 Å². The third-order valence-corrected chi connectivity index (χ3v) is 2.18. The van der Waals surface area contributed by atoms with Crippen LogP contribution in [0.25, 0.3) is 0 Å². The Labute approximate surface area is 107 Å². The Kier molecular flexibility index (Phi) is 5.58. The molecule has 7 heteroatoms. The van der Waals surface area contributed by atoms with Crippen molar-refractivity contribution in [3.63, 3.8) is 0 Å². The molecule has 0 fully saturated rings. The number of carbonyl (C=O) groups is 2. The fourth-order valence-electron chi connectivity index (χ4n) is 1.05. The third kappa shape index (κ3) is 5.41. The highest BCUT2D eigenvalue weighted by molar-refractivity contribution is 9.10. The minimum atomic E-state index is -0.535. The molecule has 0 unspecified atom stereocenters. The van der Waals surface area contributed by atoms with Crippen molar-refractivity contribution in [2.45, 2.75) is 0 Å².